The Labute approximate surface area is 55.8 Å². The lowest BCUT2D eigenvalue weighted by Gasteiger charge is -2.67. The van der Waals surface area contributed by atoms with Gasteiger partial charge in [-0.25, -0.2) is 0 Å². The Morgan fingerprint density at radius 1 is 1.10 bits per heavy atom. The van der Waals surface area contributed by atoms with Gasteiger partial charge in [-0.15, -0.1) is 0 Å². The second-order valence-corrected chi connectivity index (χ2v) is 3.53. The Hall–Kier alpha value is -0.250. The molecule has 0 aliphatic heterocycles. The number of halogens is 3. The lowest BCUT2D eigenvalue weighted by atomic mass is 9.41. The molecule has 0 radical (unpaired) electrons. The van der Waals surface area contributed by atoms with Crippen LogP contribution in [-0.2, 0) is 0 Å². The third kappa shape index (κ3) is 0.493. The quantitative estimate of drug-likeness (QED) is 0.557. The molecule has 0 aromatic heterocycles. The van der Waals surface area contributed by atoms with Crippen molar-refractivity contribution < 1.29 is 18.3 Å². The Balaban J connectivity index is 2.11. The minimum Gasteiger partial charge on any atom is -0.390 e. The van der Waals surface area contributed by atoms with Gasteiger partial charge in [0.15, 0.2) is 0 Å². The molecule has 0 aromatic carbocycles. The van der Waals surface area contributed by atoms with E-state index >= 15 is 0 Å². The molecule has 1 nitrogen and oxygen atoms in total. The molecule has 10 heavy (non-hydrogen) atoms. The summed E-state index contributed by atoms with van der Waals surface area (Å²) in [7, 11) is 0. The lowest BCUT2D eigenvalue weighted by Crippen LogP contribution is -2.72. The Morgan fingerprint density at radius 3 is 1.60 bits per heavy atom. The predicted octanol–water partition coefficient (Wildman–Crippen LogP) is 1.46. The second-order valence-electron chi connectivity index (χ2n) is 3.53. The van der Waals surface area contributed by atoms with Crippen LogP contribution in [0, 0.1) is 5.41 Å². The van der Waals surface area contributed by atoms with E-state index in [9.17, 15) is 13.2 Å². The SMILES string of the molecule is OC12CC(C(F)(F)F)(C1)C2. The van der Waals surface area contributed by atoms with Crippen LogP contribution in [0.4, 0.5) is 13.2 Å². The van der Waals surface area contributed by atoms with Crippen molar-refractivity contribution in [3.8, 4) is 0 Å². The molecule has 3 rings (SSSR count). The first kappa shape index (κ1) is 6.46. The minimum absolute atomic E-state index is 0.0660. The molecule has 0 atom stereocenters. The highest BCUT2D eigenvalue weighted by Crippen LogP contribution is 2.73. The maximum atomic E-state index is 12.0. The van der Waals surface area contributed by atoms with E-state index < -0.39 is 17.2 Å². The van der Waals surface area contributed by atoms with Crippen LogP contribution in [-0.4, -0.2) is 16.9 Å². The summed E-state index contributed by atoms with van der Waals surface area (Å²) >= 11 is 0. The number of alkyl halides is 3. The summed E-state index contributed by atoms with van der Waals surface area (Å²) in [5, 5.41) is 9.01. The van der Waals surface area contributed by atoms with E-state index in [1.807, 2.05) is 0 Å². The van der Waals surface area contributed by atoms with Gasteiger partial charge in [0, 0.05) is 0 Å². The summed E-state index contributed by atoms with van der Waals surface area (Å²) in [6, 6.07) is 0. The van der Waals surface area contributed by atoms with Crippen LogP contribution in [0.3, 0.4) is 0 Å². The van der Waals surface area contributed by atoms with Crippen LogP contribution in [0.5, 0.6) is 0 Å². The van der Waals surface area contributed by atoms with Gasteiger partial charge in [0.25, 0.3) is 0 Å². The van der Waals surface area contributed by atoms with E-state index in [0.29, 0.717) is 0 Å². The Bertz CT molecular complexity index is 164. The van der Waals surface area contributed by atoms with E-state index in [1.54, 1.807) is 0 Å². The van der Waals surface area contributed by atoms with E-state index in [-0.39, 0.29) is 19.3 Å². The highest BCUT2D eigenvalue weighted by atomic mass is 19.4. The molecule has 0 unspecified atom stereocenters. The van der Waals surface area contributed by atoms with Gasteiger partial charge in [-0.1, -0.05) is 0 Å². The summed E-state index contributed by atoms with van der Waals surface area (Å²) in [6.07, 6.45) is -4.28. The first-order valence-electron chi connectivity index (χ1n) is 3.16. The summed E-state index contributed by atoms with van der Waals surface area (Å²) in [5.74, 6) is 0. The molecule has 0 heterocycles. The van der Waals surface area contributed by atoms with Crippen molar-refractivity contribution in [1.82, 2.24) is 0 Å². The van der Waals surface area contributed by atoms with Gasteiger partial charge >= 0.3 is 6.18 Å². The molecule has 1 N–H and O–H groups in total. The molecule has 58 valence electrons. The molecule has 2 bridgehead atoms. The van der Waals surface area contributed by atoms with Gasteiger partial charge in [-0.2, -0.15) is 13.2 Å². The third-order valence-electron chi connectivity index (χ3n) is 2.60. The van der Waals surface area contributed by atoms with Gasteiger partial charge in [0.2, 0.25) is 0 Å². The maximum Gasteiger partial charge on any atom is 0.394 e. The Kier molecular flexibility index (Phi) is 0.788. The van der Waals surface area contributed by atoms with Crippen molar-refractivity contribution in [2.75, 3.05) is 0 Å². The number of hydrogen-bond donors (Lipinski definition) is 1. The van der Waals surface area contributed by atoms with Crippen LogP contribution in [0.15, 0.2) is 0 Å². The standard InChI is InChI=1S/C6H7F3O/c7-6(8,9)4-1-5(10,2-4)3-4/h10H,1-3H2. The monoisotopic (exact) mass is 152 g/mol. The fourth-order valence-electron chi connectivity index (χ4n) is 2.03. The molecular formula is C6H7F3O. The molecule has 0 spiro atoms. The number of rotatable bonds is 0. The Morgan fingerprint density at radius 2 is 1.50 bits per heavy atom. The molecule has 0 amide bonds. The number of aliphatic hydroxyl groups is 1. The molecule has 0 saturated heterocycles. The maximum absolute atomic E-state index is 12.0. The van der Waals surface area contributed by atoms with Gasteiger partial charge < -0.3 is 5.11 Å². The highest BCUT2D eigenvalue weighted by molar-refractivity contribution is 5.21. The molecule has 0 aromatic rings. The van der Waals surface area contributed by atoms with Gasteiger partial charge in [0.05, 0.1) is 11.0 Å². The van der Waals surface area contributed by atoms with Gasteiger partial charge in [0.1, 0.15) is 0 Å². The molecule has 3 aliphatic carbocycles. The summed E-state index contributed by atoms with van der Waals surface area (Å²) in [6.45, 7) is 0. The van der Waals surface area contributed by atoms with Crippen LogP contribution in [0.1, 0.15) is 19.3 Å². The fraction of sp³-hybridized carbons (Fsp3) is 1.00. The average Bonchev–Trinajstić information content (AvgIpc) is 1.51. The lowest BCUT2D eigenvalue weighted by molar-refractivity contribution is -0.381. The topological polar surface area (TPSA) is 20.2 Å². The van der Waals surface area contributed by atoms with Crippen molar-refractivity contribution in [1.29, 1.82) is 0 Å². The van der Waals surface area contributed by atoms with E-state index in [0.717, 1.165) is 0 Å². The summed E-state index contributed by atoms with van der Waals surface area (Å²) in [4.78, 5) is 0. The molecule has 4 heteroatoms. The van der Waals surface area contributed by atoms with E-state index in [4.69, 9.17) is 5.11 Å². The van der Waals surface area contributed by atoms with Crippen molar-refractivity contribution in [2.24, 2.45) is 5.41 Å². The first-order valence-corrected chi connectivity index (χ1v) is 3.16. The summed E-state index contributed by atoms with van der Waals surface area (Å²) in [5.41, 5.74) is -2.42. The van der Waals surface area contributed by atoms with Crippen LogP contribution >= 0.6 is 0 Å². The zero-order chi connectivity index (χ0) is 7.62. The van der Waals surface area contributed by atoms with E-state index in [2.05, 4.69) is 0 Å². The summed E-state index contributed by atoms with van der Waals surface area (Å²) < 4.78 is 35.9. The zero-order valence-electron chi connectivity index (χ0n) is 5.20. The van der Waals surface area contributed by atoms with Crippen molar-refractivity contribution in [3.05, 3.63) is 0 Å². The average molecular weight is 152 g/mol. The minimum atomic E-state index is -4.09. The van der Waals surface area contributed by atoms with Crippen LogP contribution in [0.25, 0.3) is 0 Å². The van der Waals surface area contributed by atoms with Crippen molar-refractivity contribution in [2.45, 2.75) is 31.0 Å². The molecular weight excluding hydrogens is 145 g/mol. The fourth-order valence-corrected chi connectivity index (χ4v) is 2.03. The predicted molar refractivity (Wildman–Crippen MR) is 27.3 cm³/mol. The van der Waals surface area contributed by atoms with Crippen LogP contribution < -0.4 is 0 Å². The largest absolute Gasteiger partial charge is 0.394 e. The van der Waals surface area contributed by atoms with Crippen LogP contribution in [0.2, 0.25) is 0 Å². The highest BCUT2D eigenvalue weighted by Gasteiger charge is 2.78. The zero-order valence-corrected chi connectivity index (χ0v) is 5.20. The molecule has 3 aliphatic rings. The normalized spacial score (nSPS) is 51.6. The number of hydrogen-bond acceptors (Lipinski definition) is 1. The van der Waals surface area contributed by atoms with Gasteiger partial charge in [-0.05, 0) is 19.3 Å². The van der Waals surface area contributed by atoms with Crippen molar-refractivity contribution in [3.63, 3.8) is 0 Å². The van der Waals surface area contributed by atoms with Crippen molar-refractivity contribution >= 4 is 0 Å². The second kappa shape index (κ2) is 1.22. The van der Waals surface area contributed by atoms with Gasteiger partial charge in [-0.3, -0.25) is 0 Å². The third-order valence-corrected chi connectivity index (χ3v) is 2.60. The van der Waals surface area contributed by atoms with E-state index in [1.165, 1.54) is 0 Å². The molecule has 3 fully saturated rings. The first-order chi connectivity index (χ1) is 4.37. The molecule has 3 saturated carbocycles. The smallest absolute Gasteiger partial charge is 0.390 e.